The predicted molar refractivity (Wildman–Crippen MR) is 131 cm³/mol. The second-order valence-corrected chi connectivity index (χ2v) is 7.82. The molecule has 0 aliphatic rings. The summed E-state index contributed by atoms with van der Waals surface area (Å²) in [6.45, 7) is 3.22. The van der Waals surface area contributed by atoms with Crippen LogP contribution in [0.2, 0.25) is 0 Å². The van der Waals surface area contributed by atoms with Crippen molar-refractivity contribution in [3.63, 3.8) is 0 Å². The molecular formula is C29H26F2O5. The van der Waals surface area contributed by atoms with E-state index in [2.05, 4.69) is 0 Å². The third kappa shape index (κ3) is 6.50. The molecule has 0 aromatic heterocycles. The van der Waals surface area contributed by atoms with Gasteiger partial charge in [0, 0.05) is 12.0 Å². The van der Waals surface area contributed by atoms with Gasteiger partial charge in [0.05, 0.1) is 13.2 Å². The van der Waals surface area contributed by atoms with Crippen LogP contribution in [0.3, 0.4) is 0 Å². The number of rotatable bonds is 10. The zero-order valence-corrected chi connectivity index (χ0v) is 20.0. The molecule has 3 rings (SSSR count). The number of esters is 2. The highest BCUT2D eigenvalue weighted by Gasteiger charge is 2.37. The number of hydrogen-bond acceptors (Lipinski definition) is 5. The highest BCUT2D eigenvalue weighted by molar-refractivity contribution is 6.06. The maximum Gasteiger partial charge on any atom is 0.324 e. The Morgan fingerprint density at radius 3 is 1.58 bits per heavy atom. The van der Waals surface area contributed by atoms with Gasteiger partial charge < -0.3 is 9.47 Å². The van der Waals surface area contributed by atoms with Gasteiger partial charge in [-0.2, -0.15) is 0 Å². The van der Waals surface area contributed by atoms with Gasteiger partial charge in [-0.3, -0.25) is 14.4 Å². The normalized spacial score (nSPS) is 11.6. The number of hydrogen-bond donors (Lipinski definition) is 0. The minimum absolute atomic E-state index is 0.00510. The van der Waals surface area contributed by atoms with Crippen molar-refractivity contribution < 1.29 is 32.6 Å². The minimum atomic E-state index is -1.55. The first-order valence-corrected chi connectivity index (χ1v) is 11.5. The molecular weight excluding hydrogens is 466 g/mol. The molecule has 0 bridgehead atoms. The van der Waals surface area contributed by atoms with E-state index in [1.165, 1.54) is 36.4 Å². The van der Waals surface area contributed by atoms with Crippen LogP contribution < -0.4 is 0 Å². The summed E-state index contributed by atoms with van der Waals surface area (Å²) in [5.41, 5.74) is 1.83. The van der Waals surface area contributed by atoms with E-state index in [1.54, 1.807) is 44.2 Å². The van der Waals surface area contributed by atoms with Crippen LogP contribution in [-0.2, 0) is 19.1 Å². The molecule has 0 radical (unpaired) electrons. The zero-order chi connectivity index (χ0) is 26.1. The van der Waals surface area contributed by atoms with E-state index < -0.39 is 35.3 Å². The van der Waals surface area contributed by atoms with Gasteiger partial charge in [-0.1, -0.05) is 42.5 Å². The number of ketones is 1. The van der Waals surface area contributed by atoms with Crippen LogP contribution >= 0.6 is 0 Å². The fraction of sp³-hybridized carbons (Fsp3) is 0.207. The van der Waals surface area contributed by atoms with E-state index in [1.807, 2.05) is 0 Å². The summed E-state index contributed by atoms with van der Waals surface area (Å²) in [7, 11) is 0. The fourth-order valence-electron chi connectivity index (χ4n) is 3.84. The molecule has 0 saturated heterocycles. The first kappa shape index (κ1) is 26.5. The first-order chi connectivity index (χ1) is 17.3. The van der Waals surface area contributed by atoms with Gasteiger partial charge in [-0.05, 0) is 72.5 Å². The third-order valence-electron chi connectivity index (χ3n) is 5.43. The number of ether oxygens (including phenoxy) is 2. The molecule has 3 aromatic carbocycles. The molecule has 0 atom stereocenters. The standard InChI is InChI=1S/C29H26F2O5/c1-3-35-28(33)27(29(34)36-4-2)24(18-25(32)19-10-14-22(30)15-11-19)26(20-8-6-5-7-9-20)21-12-16-23(31)17-13-21/h5-17,27H,3-4,18H2,1-2H3/b26-24+. The van der Waals surface area contributed by atoms with Gasteiger partial charge >= 0.3 is 11.9 Å². The molecule has 3 aromatic rings. The fourth-order valence-corrected chi connectivity index (χ4v) is 3.84. The van der Waals surface area contributed by atoms with Crippen molar-refractivity contribution >= 4 is 23.3 Å². The van der Waals surface area contributed by atoms with Gasteiger partial charge in [-0.15, -0.1) is 0 Å². The molecule has 0 N–H and O–H groups in total. The van der Waals surface area contributed by atoms with Gasteiger partial charge in [0.15, 0.2) is 11.7 Å². The van der Waals surface area contributed by atoms with Crippen molar-refractivity contribution in [3.8, 4) is 0 Å². The van der Waals surface area contributed by atoms with Gasteiger partial charge in [0.1, 0.15) is 11.6 Å². The van der Waals surface area contributed by atoms with E-state index in [-0.39, 0.29) is 30.8 Å². The van der Waals surface area contributed by atoms with Gasteiger partial charge in [0.2, 0.25) is 0 Å². The smallest absolute Gasteiger partial charge is 0.324 e. The maximum atomic E-state index is 13.8. The highest BCUT2D eigenvalue weighted by Crippen LogP contribution is 2.35. The van der Waals surface area contributed by atoms with Crippen molar-refractivity contribution in [3.05, 3.63) is 113 Å². The molecule has 186 valence electrons. The molecule has 0 amide bonds. The number of benzene rings is 3. The topological polar surface area (TPSA) is 69.7 Å². The van der Waals surface area contributed by atoms with Crippen LogP contribution in [0.15, 0.2) is 84.4 Å². The lowest BCUT2D eigenvalue weighted by Gasteiger charge is -2.22. The number of Topliss-reactive ketones (excluding diaryl/α,β-unsaturated/α-hetero) is 1. The van der Waals surface area contributed by atoms with Crippen LogP contribution in [0.5, 0.6) is 0 Å². The number of carbonyl (C=O) groups is 3. The zero-order valence-electron chi connectivity index (χ0n) is 20.0. The lowest BCUT2D eigenvalue weighted by Crippen LogP contribution is -2.31. The van der Waals surface area contributed by atoms with E-state index in [9.17, 15) is 23.2 Å². The Hall–Kier alpha value is -4.13. The van der Waals surface area contributed by atoms with Crippen molar-refractivity contribution in [1.29, 1.82) is 0 Å². The second-order valence-electron chi connectivity index (χ2n) is 7.82. The Kier molecular flexibility index (Phi) is 9.22. The Morgan fingerprint density at radius 1 is 0.667 bits per heavy atom. The van der Waals surface area contributed by atoms with Gasteiger partial charge in [0.25, 0.3) is 0 Å². The summed E-state index contributed by atoms with van der Waals surface area (Å²) in [5.74, 6) is -4.70. The summed E-state index contributed by atoms with van der Waals surface area (Å²) >= 11 is 0. The molecule has 0 fully saturated rings. The SMILES string of the molecule is CCOC(=O)C(C(=O)OCC)/C(CC(=O)c1ccc(F)cc1)=C(\c1ccccc1)c1ccc(F)cc1. The van der Waals surface area contributed by atoms with Crippen LogP contribution in [0.4, 0.5) is 8.78 Å². The average molecular weight is 493 g/mol. The van der Waals surface area contributed by atoms with Crippen LogP contribution in [-0.4, -0.2) is 30.9 Å². The Bertz CT molecular complexity index is 1210. The van der Waals surface area contributed by atoms with Crippen LogP contribution in [0, 0.1) is 17.6 Å². The lowest BCUT2D eigenvalue weighted by molar-refractivity contribution is -0.159. The molecule has 0 heterocycles. The Labute approximate surface area is 208 Å². The third-order valence-corrected chi connectivity index (χ3v) is 5.43. The molecule has 5 nitrogen and oxygen atoms in total. The van der Waals surface area contributed by atoms with E-state index >= 15 is 0 Å². The monoisotopic (exact) mass is 492 g/mol. The molecule has 7 heteroatoms. The number of halogens is 2. The van der Waals surface area contributed by atoms with E-state index in [0.717, 1.165) is 12.1 Å². The maximum absolute atomic E-state index is 13.8. The Balaban J connectivity index is 2.31. The van der Waals surface area contributed by atoms with E-state index in [4.69, 9.17) is 9.47 Å². The van der Waals surface area contributed by atoms with Gasteiger partial charge in [-0.25, -0.2) is 8.78 Å². The summed E-state index contributed by atoms with van der Waals surface area (Å²) < 4.78 is 37.6. The van der Waals surface area contributed by atoms with Crippen molar-refractivity contribution in [2.45, 2.75) is 20.3 Å². The summed E-state index contributed by atoms with van der Waals surface area (Å²) in [6, 6.07) is 19.3. The molecule has 0 saturated carbocycles. The van der Waals surface area contributed by atoms with E-state index in [0.29, 0.717) is 16.7 Å². The Morgan fingerprint density at radius 2 is 1.11 bits per heavy atom. The molecule has 0 unspecified atom stereocenters. The van der Waals surface area contributed by atoms with Crippen molar-refractivity contribution in [1.82, 2.24) is 0 Å². The average Bonchev–Trinajstić information content (AvgIpc) is 2.87. The van der Waals surface area contributed by atoms with Crippen molar-refractivity contribution in [2.75, 3.05) is 13.2 Å². The lowest BCUT2D eigenvalue weighted by atomic mass is 9.83. The molecule has 36 heavy (non-hydrogen) atoms. The van der Waals surface area contributed by atoms with Crippen molar-refractivity contribution in [2.24, 2.45) is 5.92 Å². The minimum Gasteiger partial charge on any atom is -0.465 e. The summed E-state index contributed by atoms with van der Waals surface area (Å²) in [6.07, 6.45) is -0.366. The number of carbonyl (C=O) groups excluding carboxylic acids is 3. The molecule has 0 aliphatic heterocycles. The summed E-state index contributed by atoms with van der Waals surface area (Å²) in [5, 5.41) is 0. The highest BCUT2D eigenvalue weighted by atomic mass is 19.1. The quantitative estimate of drug-likeness (QED) is 0.204. The van der Waals surface area contributed by atoms with Crippen LogP contribution in [0.1, 0.15) is 41.8 Å². The second kappa shape index (κ2) is 12.5. The first-order valence-electron chi connectivity index (χ1n) is 11.5. The van der Waals surface area contributed by atoms with Crippen LogP contribution in [0.25, 0.3) is 5.57 Å². The largest absolute Gasteiger partial charge is 0.465 e. The molecule has 0 aliphatic carbocycles. The molecule has 0 spiro atoms. The summed E-state index contributed by atoms with van der Waals surface area (Å²) in [4.78, 5) is 39.5. The predicted octanol–water partition coefficient (Wildman–Crippen LogP) is 5.78.